The minimum absolute atomic E-state index is 0.351. The maximum absolute atomic E-state index is 13.7. The second-order valence-electron chi connectivity index (χ2n) is 11.7. The fourth-order valence-electron chi connectivity index (χ4n) is 6.17. The van der Waals surface area contributed by atoms with Crippen molar-refractivity contribution in [2.24, 2.45) is 5.41 Å². The number of alkyl halides is 2. The summed E-state index contributed by atoms with van der Waals surface area (Å²) in [5.74, 6) is -3.49. The number of carbonyl (C=O) groups is 1. The van der Waals surface area contributed by atoms with Gasteiger partial charge in [-0.25, -0.2) is 17.2 Å². The molecule has 0 radical (unpaired) electrons. The minimum atomic E-state index is -3.72. The van der Waals surface area contributed by atoms with Crippen molar-refractivity contribution in [3.05, 3.63) is 41.5 Å². The molecular formula is C28H35F2N5O4S. The number of aliphatic hydroxyl groups excluding tert-OH is 1. The number of anilines is 5. The molecule has 2 saturated heterocycles. The number of hydrogen-bond acceptors (Lipinski definition) is 7. The molecule has 0 bridgehead atoms. The summed E-state index contributed by atoms with van der Waals surface area (Å²) >= 11 is 0. The topological polar surface area (TPSA) is 105 Å². The summed E-state index contributed by atoms with van der Waals surface area (Å²) in [6.45, 7) is 1.13. The van der Waals surface area contributed by atoms with E-state index >= 15 is 0 Å². The van der Waals surface area contributed by atoms with Crippen LogP contribution in [-0.2, 0) is 16.4 Å². The third-order valence-corrected chi connectivity index (χ3v) is 9.98. The zero-order valence-corrected chi connectivity index (χ0v) is 23.4. The van der Waals surface area contributed by atoms with Crippen LogP contribution in [0.4, 0.5) is 37.2 Å². The maximum atomic E-state index is 13.7. The van der Waals surface area contributed by atoms with Gasteiger partial charge >= 0.3 is 0 Å². The van der Waals surface area contributed by atoms with Crippen molar-refractivity contribution < 1.29 is 27.1 Å². The van der Waals surface area contributed by atoms with Gasteiger partial charge in [0.25, 0.3) is 11.8 Å². The summed E-state index contributed by atoms with van der Waals surface area (Å²) in [5, 5.41) is 12.1. The number of piperidine rings is 1. The van der Waals surface area contributed by atoms with E-state index < -0.39 is 28.3 Å². The molecule has 216 valence electrons. The number of fused-ring (bicyclic) bond motifs is 1. The van der Waals surface area contributed by atoms with Crippen molar-refractivity contribution in [2.75, 3.05) is 76.9 Å². The molecule has 3 heterocycles. The molecule has 2 aromatic carbocycles. The molecule has 1 amide bonds. The SMILES string of the molecule is CN1CCc2cc(C(=O)Nc3ccc(NS(=O)(=O)CCO)cc3N3CCC4(CC3)CC4)cc(N3CC(F)(F)C3)c21. The Balaban J connectivity index is 1.29. The van der Waals surface area contributed by atoms with Crippen molar-refractivity contribution in [3.63, 3.8) is 0 Å². The number of nitrogens with one attached hydrogen (secondary N) is 2. The highest BCUT2D eigenvalue weighted by Crippen LogP contribution is 2.54. The average molecular weight is 576 g/mol. The Bertz CT molecular complexity index is 1430. The quantitative estimate of drug-likeness (QED) is 0.443. The monoisotopic (exact) mass is 575 g/mol. The Morgan fingerprint density at radius 3 is 2.38 bits per heavy atom. The third-order valence-electron chi connectivity index (χ3n) is 8.72. The van der Waals surface area contributed by atoms with Gasteiger partial charge in [0.2, 0.25) is 10.0 Å². The number of sulfonamides is 1. The molecule has 9 nitrogen and oxygen atoms in total. The predicted molar refractivity (Wildman–Crippen MR) is 153 cm³/mol. The standard InChI is InChI=1S/C28H35F2N5O4S/c1-33-9-4-19-14-20(15-24(25(19)33)35-17-28(29,30)18-35)26(37)31-22-3-2-21(32-40(38,39)13-12-36)16-23(22)34-10-7-27(5-6-27)8-11-34/h2-3,14-16,32,36H,4-13,17-18H2,1H3,(H,31,37). The molecule has 1 aliphatic carbocycles. The van der Waals surface area contributed by atoms with Gasteiger partial charge in [-0.3, -0.25) is 9.52 Å². The lowest BCUT2D eigenvalue weighted by atomic mass is 9.93. The van der Waals surface area contributed by atoms with Crippen LogP contribution in [0.2, 0.25) is 0 Å². The Morgan fingerprint density at radius 2 is 1.73 bits per heavy atom. The number of hydrogen-bond donors (Lipinski definition) is 3. The van der Waals surface area contributed by atoms with Gasteiger partial charge in [0, 0.05) is 32.2 Å². The van der Waals surface area contributed by atoms with Gasteiger partial charge in [-0.2, -0.15) is 0 Å². The van der Waals surface area contributed by atoms with Crippen LogP contribution in [-0.4, -0.2) is 77.5 Å². The lowest BCUT2D eigenvalue weighted by molar-refractivity contribution is -0.0262. The molecule has 0 atom stereocenters. The fourth-order valence-corrected chi connectivity index (χ4v) is 7.00. The molecule has 2 aromatic rings. The number of halogens is 2. The first-order chi connectivity index (χ1) is 19.0. The van der Waals surface area contributed by atoms with E-state index in [0.29, 0.717) is 28.0 Å². The Kier molecular flexibility index (Phi) is 6.60. The van der Waals surface area contributed by atoms with Crippen molar-refractivity contribution in [3.8, 4) is 0 Å². The van der Waals surface area contributed by atoms with Gasteiger partial charge in [0.1, 0.15) is 0 Å². The molecule has 3 fully saturated rings. The number of benzene rings is 2. The number of likely N-dealkylation sites (N-methyl/N-ethyl adjacent to an activating group) is 1. The third kappa shape index (κ3) is 5.30. The summed E-state index contributed by atoms with van der Waals surface area (Å²) < 4.78 is 54.6. The fraction of sp³-hybridized carbons (Fsp3) is 0.536. The van der Waals surface area contributed by atoms with Crippen molar-refractivity contribution in [1.82, 2.24) is 0 Å². The highest BCUT2D eigenvalue weighted by Gasteiger charge is 2.46. The minimum Gasteiger partial charge on any atom is -0.395 e. The second kappa shape index (κ2) is 9.76. The highest BCUT2D eigenvalue weighted by atomic mass is 32.2. The van der Waals surface area contributed by atoms with E-state index in [2.05, 4.69) is 14.9 Å². The Morgan fingerprint density at radius 1 is 1.00 bits per heavy atom. The van der Waals surface area contributed by atoms with E-state index in [1.165, 1.54) is 12.8 Å². The van der Waals surface area contributed by atoms with E-state index in [0.717, 1.165) is 55.8 Å². The first-order valence-electron chi connectivity index (χ1n) is 13.8. The smallest absolute Gasteiger partial charge is 0.282 e. The van der Waals surface area contributed by atoms with Crippen LogP contribution in [0, 0.1) is 5.41 Å². The molecule has 12 heteroatoms. The number of carbonyl (C=O) groups excluding carboxylic acids is 1. The Hall–Kier alpha value is -3.12. The van der Waals surface area contributed by atoms with Gasteiger partial charge in [-0.15, -0.1) is 0 Å². The highest BCUT2D eigenvalue weighted by molar-refractivity contribution is 7.92. The van der Waals surface area contributed by atoms with Crippen LogP contribution in [0.5, 0.6) is 0 Å². The Labute approximate surface area is 233 Å². The van der Waals surface area contributed by atoms with Gasteiger partial charge in [-0.1, -0.05) is 0 Å². The van der Waals surface area contributed by atoms with Gasteiger partial charge < -0.3 is 25.1 Å². The molecule has 4 aliphatic rings. The number of nitrogens with zero attached hydrogens (tertiary/aromatic N) is 3. The van der Waals surface area contributed by atoms with Crippen LogP contribution in [0.25, 0.3) is 0 Å². The summed E-state index contributed by atoms with van der Waals surface area (Å²) in [4.78, 5) is 19.4. The molecule has 0 unspecified atom stereocenters. The van der Waals surface area contributed by atoms with E-state index in [1.807, 2.05) is 18.0 Å². The molecule has 3 N–H and O–H groups in total. The molecule has 1 spiro atoms. The molecule has 6 rings (SSSR count). The number of rotatable bonds is 8. The average Bonchev–Trinajstić information content (AvgIpc) is 3.53. The van der Waals surface area contributed by atoms with Crippen LogP contribution < -0.4 is 24.7 Å². The first kappa shape index (κ1) is 27.1. The first-order valence-corrected chi connectivity index (χ1v) is 15.4. The number of aliphatic hydroxyl groups is 1. The van der Waals surface area contributed by atoms with Crippen molar-refractivity contribution in [2.45, 2.75) is 38.0 Å². The lowest BCUT2D eigenvalue weighted by Gasteiger charge is -2.42. The van der Waals surface area contributed by atoms with Crippen molar-refractivity contribution in [1.29, 1.82) is 0 Å². The molecule has 0 aromatic heterocycles. The lowest BCUT2D eigenvalue weighted by Crippen LogP contribution is -2.56. The van der Waals surface area contributed by atoms with E-state index in [4.69, 9.17) is 5.11 Å². The molecule has 40 heavy (non-hydrogen) atoms. The number of amides is 1. The van der Waals surface area contributed by atoms with Gasteiger partial charge in [0.05, 0.1) is 53.9 Å². The van der Waals surface area contributed by atoms with Crippen LogP contribution in [0.3, 0.4) is 0 Å². The van der Waals surface area contributed by atoms with Gasteiger partial charge in [-0.05, 0) is 73.4 Å². The van der Waals surface area contributed by atoms with Crippen LogP contribution in [0.1, 0.15) is 41.6 Å². The zero-order chi connectivity index (χ0) is 28.3. The molecule has 3 aliphatic heterocycles. The summed E-state index contributed by atoms with van der Waals surface area (Å²) in [7, 11) is -1.79. The largest absolute Gasteiger partial charge is 0.395 e. The van der Waals surface area contributed by atoms with Crippen LogP contribution in [0.15, 0.2) is 30.3 Å². The zero-order valence-electron chi connectivity index (χ0n) is 22.5. The predicted octanol–water partition coefficient (Wildman–Crippen LogP) is 3.50. The van der Waals surface area contributed by atoms with Crippen LogP contribution >= 0.6 is 0 Å². The van der Waals surface area contributed by atoms with E-state index in [-0.39, 0.29) is 19.0 Å². The summed E-state index contributed by atoms with van der Waals surface area (Å²) in [6.07, 6.45) is 5.30. The molecular weight excluding hydrogens is 540 g/mol. The maximum Gasteiger partial charge on any atom is 0.282 e. The van der Waals surface area contributed by atoms with Gasteiger partial charge in [0.15, 0.2) is 0 Å². The second-order valence-corrected chi connectivity index (χ2v) is 13.5. The summed E-state index contributed by atoms with van der Waals surface area (Å²) in [5.41, 5.74) is 4.96. The molecule has 1 saturated carbocycles. The van der Waals surface area contributed by atoms with E-state index in [9.17, 15) is 22.0 Å². The summed E-state index contributed by atoms with van der Waals surface area (Å²) in [6, 6.07) is 8.53. The normalized spacial score (nSPS) is 20.8. The van der Waals surface area contributed by atoms with Crippen molar-refractivity contribution >= 4 is 44.4 Å². The van der Waals surface area contributed by atoms with E-state index in [1.54, 1.807) is 29.2 Å².